The molecule has 0 saturated carbocycles. The number of anilines is 1. The maximum absolute atomic E-state index is 8.99. The third-order valence-corrected chi connectivity index (χ3v) is 3.10. The monoisotopic (exact) mass is 248 g/mol. The van der Waals surface area contributed by atoms with Crippen molar-refractivity contribution in [2.24, 2.45) is 0 Å². The van der Waals surface area contributed by atoms with Gasteiger partial charge in [-0.15, -0.1) is 0 Å². The zero-order valence-electron chi connectivity index (χ0n) is 10.5. The number of hydrogen-bond donors (Lipinski definition) is 1. The van der Waals surface area contributed by atoms with Gasteiger partial charge >= 0.3 is 0 Å². The molecule has 3 rings (SSSR count). The van der Waals surface area contributed by atoms with Crippen LogP contribution in [0.25, 0.3) is 16.7 Å². The highest BCUT2D eigenvalue weighted by atomic mass is 15.2. The zero-order valence-corrected chi connectivity index (χ0v) is 10.5. The summed E-state index contributed by atoms with van der Waals surface area (Å²) in [5.41, 5.74) is 10.3. The Morgan fingerprint density at radius 3 is 2.58 bits per heavy atom. The van der Waals surface area contributed by atoms with Crippen LogP contribution in [0.3, 0.4) is 0 Å². The van der Waals surface area contributed by atoms with Crippen molar-refractivity contribution in [3.63, 3.8) is 0 Å². The van der Waals surface area contributed by atoms with E-state index in [4.69, 9.17) is 11.0 Å². The van der Waals surface area contributed by atoms with Crippen molar-refractivity contribution in [3.8, 4) is 11.8 Å². The van der Waals surface area contributed by atoms with E-state index in [1.165, 1.54) is 5.56 Å². The average molecular weight is 248 g/mol. The Kier molecular flexibility index (Phi) is 2.46. The SMILES string of the molecule is Cc1ccc(-n2c(N)nc3ccc(C#N)cc32)cc1. The molecular formula is C15H12N4. The Bertz CT molecular complexity index is 791. The van der Waals surface area contributed by atoms with Gasteiger partial charge in [-0.2, -0.15) is 5.26 Å². The van der Waals surface area contributed by atoms with E-state index in [1.807, 2.05) is 41.8 Å². The minimum atomic E-state index is 0.425. The Morgan fingerprint density at radius 2 is 1.89 bits per heavy atom. The number of nitrogens with zero attached hydrogens (tertiary/aromatic N) is 3. The number of hydrogen-bond acceptors (Lipinski definition) is 3. The second kappa shape index (κ2) is 4.14. The molecule has 4 heteroatoms. The second-order valence-corrected chi connectivity index (χ2v) is 4.46. The molecular weight excluding hydrogens is 236 g/mol. The topological polar surface area (TPSA) is 67.6 Å². The standard InChI is InChI=1S/C15H12N4/c1-10-2-5-12(6-3-10)19-14-8-11(9-16)4-7-13(14)18-15(19)17/h2-8H,1H3,(H2,17,18). The zero-order chi connectivity index (χ0) is 13.4. The quantitative estimate of drug-likeness (QED) is 0.720. The number of nitrogen functional groups attached to an aromatic ring is 1. The van der Waals surface area contributed by atoms with Crippen LogP contribution in [0.15, 0.2) is 42.5 Å². The number of aromatic nitrogens is 2. The van der Waals surface area contributed by atoms with Crippen molar-refractivity contribution in [3.05, 3.63) is 53.6 Å². The van der Waals surface area contributed by atoms with Crippen LogP contribution >= 0.6 is 0 Å². The molecule has 0 unspecified atom stereocenters. The van der Waals surface area contributed by atoms with Crippen molar-refractivity contribution in [2.45, 2.75) is 6.92 Å². The van der Waals surface area contributed by atoms with Gasteiger partial charge in [0.15, 0.2) is 0 Å². The molecule has 0 bridgehead atoms. The predicted molar refractivity (Wildman–Crippen MR) is 74.9 cm³/mol. The summed E-state index contributed by atoms with van der Waals surface area (Å²) in [5, 5.41) is 8.99. The Hall–Kier alpha value is -2.80. The minimum Gasteiger partial charge on any atom is -0.369 e. The number of rotatable bonds is 1. The highest BCUT2D eigenvalue weighted by Crippen LogP contribution is 2.24. The van der Waals surface area contributed by atoms with Gasteiger partial charge in [-0.25, -0.2) is 4.98 Å². The smallest absolute Gasteiger partial charge is 0.205 e. The molecule has 0 amide bonds. The highest BCUT2D eigenvalue weighted by molar-refractivity contribution is 5.82. The van der Waals surface area contributed by atoms with Gasteiger partial charge in [0.1, 0.15) is 0 Å². The summed E-state index contributed by atoms with van der Waals surface area (Å²) in [4.78, 5) is 4.32. The van der Waals surface area contributed by atoms with Gasteiger partial charge in [0, 0.05) is 5.69 Å². The van der Waals surface area contributed by atoms with Crippen molar-refractivity contribution in [1.29, 1.82) is 5.26 Å². The maximum atomic E-state index is 8.99. The predicted octanol–water partition coefficient (Wildman–Crippen LogP) is 2.79. The molecule has 4 nitrogen and oxygen atoms in total. The lowest BCUT2D eigenvalue weighted by Crippen LogP contribution is -2.00. The van der Waals surface area contributed by atoms with Gasteiger partial charge in [0.05, 0.1) is 22.7 Å². The average Bonchev–Trinajstić information content (AvgIpc) is 2.75. The summed E-state index contributed by atoms with van der Waals surface area (Å²) in [5.74, 6) is 0.425. The van der Waals surface area contributed by atoms with E-state index in [2.05, 4.69) is 11.1 Å². The van der Waals surface area contributed by atoms with E-state index in [0.717, 1.165) is 16.7 Å². The van der Waals surface area contributed by atoms with Crippen LogP contribution in [0.4, 0.5) is 5.95 Å². The van der Waals surface area contributed by atoms with Gasteiger partial charge in [0.25, 0.3) is 0 Å². The lowest BCUT2D eigenvalue weighted by molar-refractivity contribution is 1.11. The molecule has 19 heavy (non-hydrogen) atoms. The third-order valence-electron chi connectivity index (χ3n) is 3.10. The van der Waals surface area contributed by atoms with E-state index < -0.39 is 0 Å². The first kappa shape index (κ1) is 11.3. The number of benzene rings is 2. The van der Waals surface area contributed by atoms with Gasteiger partial charge in [0.2, 0.25) is 5.95 Å². The molecule has 0 saturated heterocycles. The summed E-state index contributed by atoms with van der Waals surface area (Å²) in [6.07, 6.45) is 0. The molecule has 0 aliphatic rings. The first-order chi connectivity index (χ1) is 9.19. The molecule has 0 atom stereocenters. The fraction of sp³-hybridized carbons (Fsp3) is 0.0667. The minimum absolute atomic E-state index is 0.425. The Morgan fingerprint density at radius 1 is 1.16 bits per heavy atom. The van der Waals surface area contributed by atoms with Crippen LogP contribution in [0.5, 0.6) is 0 Å². The van der Waals surface area contributed by atoms with Crippen molar-refractivity contribution < 1.29 is 0 Å². The van der Waals surface area contributed by atoms with Crippen LogP contribution < -0.4 is 5.73 Å². The summed E-state index contributed by atoms with van der Waals surface area (Å²) in [6.45, 7) is 2.03. The fourth-order valence-electron chi connectivity index (χ4n) is 2.13. The van der Waals surface area contributed by atoms with Crippen molar-refractivity contribution >= 4 is 17.0 Å². The highest BCUT2D eigenvalue weighted by Gasteiger charge is 2.10. The number of fused-ring (bicyclic) bond motifs is 1. The number of nitriles is 1. The van der Waals surface area contributed by atoms with E-state index in [-0.39, 0.29) is 0 Å². The lowest BCUT2D eigenvalue weighted by Gasteiger charge is -2.06. The number of nitrogens with two attached hydrogens (primary N) is 1. The Balaban J connectivity index is 2.30. The summed E-state index contributed by atoms with van der Waals surface area (Å²) < 4.78 is 1.86. The second-order valence-electron chi connectivity index (χ2n) is 4.46. The largest absolute Gasteiger partial charge is 0.369 e. The lowest BCUT2D eigenvalue weighted by atomic mass is 10.2. The Labute approximate surface area is 110 Å². The van der Waals surface area contributed by atoms with Crippen molar-refractivity contribution in [2.75, 3.05) is 5.73 Å². The summed E-state index contributed by atoms with van der Waals surface area (Å²) >= 11 is 0. The normalized spacial score (nSPS) is 10.5. The first-order valence-electron chi connectivity index (χ1n) is 5.94. The maximum Gasteiger partial charge on any atom is 0.205 e. The van der Waals surface area contributed by atoms with Gasteiger partial charge < -0.3 is 5.73 Å². The van der Waals surface area contributed by atoms with Gasteiger partial charge in [-0.1, -0.05) is 17.7 Å². The fourth-order valence-corrected chi connectivity index (χ4v) is 2.13. The van der Waals surface area contributed by atoms with E-state index >= 15 is 0 Å². The molecule has 92 valence electrons. The molecule has 2 aromatic carbocycles. The van der Waals surface area contributed by atoms with Gasteiger partial charge in [-0.05, 0) is 37.3 Å². The van der Waals surface area contributed by atoms with E-state index in [9.17, 15) is 0 Å². The van der Waals surface area contributed by atoms with Gasteiger partial charge in [-0.3, -0.25) is 4.57 Å². The molecule has 1 aromatic heterocycles. The molecule has 3 aromatic rings. The van der Waals surface area contributed by atoms with Crippen LogP contribution in [-0.2, 0) is 0 Å². The first-order valence-corrected chi connectivity index (χ1v) is 5.94. The van der Waals surface area contributed by atoms with Crippen LogP contribution in [-0.4, -0.2) is 9.55 Å². The number of imidazole rings is 1. The molecule has 0 aliphatic carbocycles. The molecule has 0 aliphatic heterocycles. The van der Waals surface area contributed by atoms with Crippen LogP contribution in [0.1, 0.15) is 11.1 Å². The van der Waals surface area contributed by atoms with Crippen LogP contribution in [0.2, 0.25) is 0 Å². The number of aryl methyl sites for hydroxylation is 1. The molecule has 0 radical (unpaired) electrons. The van der Waals surface area contributed by atoms with E-state index in [1.54, 1.807) is 12.1 Å². The molecule has 0 spiro atoms. The third kappa shape index (κ3) is 1.81. The summed E-state index contributed by atoms with van der Waals surface area (Å²) in [6, 6.07) is 15.5. The van der Waals surface area contributed by atoms with Crippen LogP contribution in [0, 0.1) is 18.3 Å². The molecule has 1 heterocycles. The summed E-state index contributed by atoms with van der Waals surface area (Å²) in [7, 11) is 0. The van der Waals surface area contributed by atoms with Crippen molar-refractivity contribution in [1.82, 2.24) is 9.55 Å². The molecule has 0 fully saturated rings. The van der Waals surface area contributed by atoms with E-state index in [0.29, 0.717) is 11.5 Å². The molecule has 2 N–H and O–H groups in total.